The number of hydrogen-bond acceptors (Lipinski definition) is 4. The van der Waals surface area contributed by atoms with Crippen molar-refractivity contribution in [3.05, 3.63) is 78.4 Å². The minimum atomic E-state index is -0.313. The van der Waals surface area contributed by atoms with Crippen LogP contribution in [0, 0.1) is 6.92 Å². The Hall–Kier alpha value is -4.26. The first-order chi connectivity index (χ1) is 15.6. The molecule has 2 heterocycles. The van der Waals surface area contributed by atoms with E-state index in [1.165, 1.54) is 5.01 Å². The number of aryl methyl sites for hydroxylation is 1. The smallest absolute Gasteiger partial charge is 0.271 e. The lowest BCUT2D eigenvalue weighted by molar-refractivity contribution is -0.118. The first kappa shape index (κ1) is 19.7. The molecule has 0 aliphatic carbocycles. The highest BCUT2D eigenvalue weighted by Gasteiger charge is 2.25. The number of amides is 2. The molecule has 1 aromatic heterocycles. The number of nitrogens with one attached hydrogen (secondary N) is 2. The Balaban J connectivity index is 1.33. The molecule has 0 atom stereocenters. The minimum Gasteiger partial charge on any atom is -0.338 e. The molecule has 0 radical (unpaired) electrons. The Labute approximate surface area is 184 Å². The number of aromatic amines is 1. The fourth-order valence-corrected chi connectivity index (χ4v) is 3.68. The summed E-state index contributed by atoms with van der Waals surface area (Å²) in [4.78, 5) is 33.0. The molecule has 1 aliphatic heterocycles. The van der Waals surface area contributed by atoms with E-state index in [1.807, 2.05) is 79.7 Å². The van der Waals surface area contributed by atoms with E-state index in [0.29, 0.717) is 23.5 Å². The van der Waals surface area contributed by atoms with Crippen LogP contribution in [0.4, 0.5) is 11.4 Å². The zero-order chi connectivity index (χ0) is 22.1. The number of carbonyl (C=O) groups excluding carboxylic acids is 2. The molecule has 0 saturated carbocycles. The maximum absolute atomic E-state index is 12.8. The number of benzene rings is 3. The number of hydrazone groups is 1. The van der Waals surface area contributed by atoms with Crippen molar-refractivity contribution >= 4 is 39.9 Å². The Morgan fingerprint density at radius 1 is 1.00 bits per heavy atom. The summed E-state index contributed by atoms with van der Waals surface area (Å²) in [6.45, 7) is 1.95. The van der Waals surface area contributed by atoms with Crippen molar-refractivity contribution in [2.45, 2.75) is 19.8 Å². The number of anilines is 2. The maximum Gasteiger partial charge on any atom is 0.271 e. The summed E-state index contributed by atoms with van der Waals surface area (Å²) >= 11 is 0. The first-order valence-electron chi connectivity index (χ1n) is 10.4. The molecule has 3 aromatic carbocycles. The summed E-state index contributed by atoms with van der Waals surface area (Å²) in [7, 11) is 0. The second-order valence-corrected chi connectivity index (χ2v) is 7.73. The molecule has 0 bridgehead atoms. The van der Waals surface area contributed by atoms with Gasteiger partial charge in [0.1, 0.15) is 11.5 Å². The van der Waals surface area contributed by atoms with Gasteiger partial charge in [0.2, 0.25) is 5.91 Å². The third-order valence-corrected chi connectivity index (χ3v) is 5.35. The summed E-state index contributed by atoms with van der Waals surface area (Å²) in [6.07, 6.45) is 0.551. The summed E-state index contributed by atoms with van der Waals surface area (Å²) in [5, 5.41) is 8.53. The molecule has 158 valence electrons. The van der Waals surface area contributed by atoms with Gasteiger partial charge in [-0.15, -0.1) is 0 Å². The third kappa shape index (κ3) is 3.88. The monoisotopic (exact) mass is 423 g/mol. The van der Waals surface area contributed by atoms with E-state index in [4.69, 9.17) is 0 Å². The molecular formula is C25H21N5O2. The van der Waals surface area contributed by atoms with Gasteiger partial charge in [0.15, 0.2) is 0 Å². The van der Waals surface area contributed by atoms with Gasteiger partial charge in [-0.3, -0.25) is 9.59 Å². The molecule has 7 heteroatoms. The van der Waals surface area contributed by atoms with Gasteiger partial charge in [-0.05, 0) is 61.0 Å². The minimum absolute atomic E-state index is 0.123. The van der Waals surface area contributed by atoms with Crippen LogP contribution in [0.25, 0.3) is 22.4 Å². The zero-order valence-electron chi connectivity index (χ0n) is 17.5. The number of H-pyrrole nitrogens is 1. The second-order valence-electron chi connectivity index (χ2n) is 7.73. The van der Waals surface area contributed by atoms with Crippen molar-refractivity contribution in [3.8, 4) is 11.4 Å². The lowest BCUT2D eigenvalue weighted by Gasteiger charge is -2.23. The fraction of sp³-hybridized carbons (Fsp3) is 0.120. The third-order valence-electron chi connectivity index (χ3n) is 5.35. The zero-order valence-corrected chi connectivity index (χ0v) is 17.5. The van der Waals surface area contributed by atoms with E-state index in [9.17, 15) is 9.59 Å². The second kappa shape index (κ2) is 8.11. The predicted molar refractivity (Wildman–Crippen MR) is 125 cm³/mol. The molecule has 0 unspecified atom stereocenters. The number of aromatic nitrogens is 2. The van der Waals surface area contributed by atoms with Crippen LogP contribution in [0.15, 0.2) is 77.9 Å². The Morgan fingerprint density at radius 2 is 1.81 bits per heavy atom. The molecule has 7 nitrogen and oxygen atoms in total. The predicted octanol–water partition coefficient (Wildman–Crippen LogP) is 4.66. The molecule has 1 aliphatic rings. The van der Waals surface area contributed by atoms with Crippen molar-refractivity contribution in [2.24, 2.45) is 5.10 Å². The van der Waals surface area contributed by atoms with E-state index in [-0.39, 0.29) is 18.2 Å². The van der Waals surface area contributed by atoms with Crippen LogP contribution in [-0.2, 0) is 9.59 Å². The van der Waals surface area contributed by atoms with E-state index in [1.54, 1.807) is 0 Å². The highest BCUT2D eigenvalue weighted by molar-refractivity contribution is 6.44. The number of nitrogens with zero attached hydrogens (tertiary/aromatic N) is 3. The molecule has 0 spiro atoms. The van der Waals surface area contributed by atoms with Crippen LogP contribution in [0.3, 0.4) is 0 Å². The molecule has 4 aromatic rings. The average Bonchev–Trinajstić information content (AvgIpc) is 3.24. The van der Waals surface area contributed by atoms with E-state index in [2.05, 4.69) is 20.4 Å². The van der Waals surface area contributed by atoms with Crippen LogP contribution in [0.5, 0.6) is 0 Å². The van der Waals surface area contributed by atoms with Crippen molar-refractivity contribution < 1.29 is 9.59 Å². The highest BCUT2D eigenvalue weighted by Crippen LogP contribution is 2.24. The summed E-state index contributed by atoms with van der Waals surface area (Å²) < 4.78 is 0. The average molecular weight is 423 g/mol. The Kier molecular flexibility index (Phi) is 4.99. The SMILES string of the molecule is Cc1cccc(N2N=C(C(=O)Nc3ccc(-c4nc5ccccc5[nH]4)cc3)CCC2=O)c1. The lowest BCUT2D eigenvalue weighted by atomic mass is 10.1. The van der Waals surface area contributed by atoms with Crippen LogP contribution < -0.4 is 10.3 Å². The van der Waals surface area contributed by atoms with Gasteiger partial charge in [-0.1, -0.05) is 24.3 Å². The van der Waals surface area contributed by atoms with Gasteiger partial charge in [0.25, 0.3) is 5.91 Å². The molecular weight excluding hydrogens is 402 g/mol. The van der Waals surface area contributed by atoms with Crippen molar-refractivity contribution in [1.82, 2.24) is 9.97 Å². The molecule has 0 fully saturated rings. The van der Waals surface area contributed by atoms with Crippen LogP contribution in [-0.4, -0.2) is 27.5 Å². The van der Waals surface area contributed by atoms with Gasteiger partial charge < -0.3 is 10.3 Å². The number of hydrogen-bond donors (Lipinski definition) is 2. The standard InChI is InChI=1S/C25H21N5O2/c1-16-5-4-6-19(15-16)30-23(31)14-13-22(29-30)25(32)26-18-11-9-17(10-12-18)24-27-20-7-2-3-8-21(20)28-24/h2-12,15H,13-14H2,1H3,(H,26,32)(H,27,28). The Bertz CT molecular complexity index is 1320. The van der Waals surface area contributed by atoms with Gasteiger partial charge in [0.05, 0.1) is 16.7 Å². The number of fused-ring (bicyclic) bond motifs is 1. The first-order valence-corrected chi connectivity index (χ1v) is 10.4. The number of carbonyl (C=O) groups is 2. The van der Waals surface area contributed by atoms with Crippen molar-refractivity contribution in [1.29, 1.82) is 0 Å². The van der Waals surface area contributed by atoms with Gasteiger partial charge in [0, 0.05) is 24.1 Å². The van der Waals surface area contributed by atoms with Crippen LogP contribution in [0.2, 0.25) is 0 Å². The Morgan fingerprint density at radius 3 is 2.59 bits per heavy atom. The summed E-state index contributed by atoms with van der Waals surface area (Å²) in [5.74, 6) is 0.335. The van der Waals surface area contributed by atoms with Gasteiger partial charge in [-0.2, -0.15) is 5.10 Å². The van der Waals surface area contributed by atoms with Gasteiger partial charge >= 0.3 is 0 Å². The molecule has 2 N–H and O–H groups in total. The molecule has 2 amide bonds. The van der Waals surface area contributed by atoms with Crippen LogP contribution in [0.1, 0.15) is 18.4 Å². The molecule has 5 rings (SSSR count). The highest BCUT2D eigenvalue weighted by atomic mass is 16.2. The molecule has 0 saturated heterocycles. The topological polar surface area (TPSA) is 90.4 Å². The summed E-state index contributed by atoms with van der Waals surface area (Å²) in [6, 6.07) is 22.8. The maximum atomic E-state index is 12.8. The van der Waals surface area contributed by atoms with Crippen molar-refractivity contribution in [3.63, 3.8) is 0 Å². The quantitative estimate of drug-likeness (QED) is 0.500. The fourth-order valence-electron chi connectivity index (χ4n) is 3.68. The van der Waals surface area contributed by atoms with E-state index >= 15 is 0 Å². The summed E-state index contributed by atoms with van der Waals surface area (Å²) in [5.41, 5.74) is 5.46. The van der Waals surface area contributed by atoms with E-state index < -0.39 is 0 Å². The number of para-hydroxylation sites is 2. The molecule has 32 heavy (non-hydrogen) atoms. The lowest BCUT2D eigenvalue weighted by Crippen LogP contribution is -2.36. The number of rotatable bonds is 4. The number of imidazole rings is 1. The largest absolute Gasteiger partial charge is 0.338 e. The normalized spacial score (nSPS) is 13.8. The van der Waals surface area contributed by atoms with Gasteiger partial charge in [-0.25, -0.2) is 9.99 Å². The van der Waals surface area contributed by atoms with E-state index in [0.717, 1.165) is 28.0 Å². The van der Waals surface area contributed by atoms with Crippen LogP contribution >= 0.6 is 0 Å². The van der Waals surface area contributed by atoms with Crippen molar-refractivity contribution in [2.75, 3.05) is 10.3 Å².